The van der Waals surface area contributed by atoms with Gasteiger partial charge in [0.15, 0.2) is 12.3 Å². The van der Waals surface area contributed by atoms with Crippen LogP contribution in [0.15, 0.2) is 106 Å². The number of fused-ring (bicyclic) bond motifs is 4. The predicted octanol–water partition coefficient (Wildman–Crippen LogP) is 5.09. The average Bonchev–Trinajstić information content (AvgIpc) is 3.18. The number of hydrogen-bond acceptors (Lipinski definition) is 3. The van der Waals surface area contributed by atoms with Crippen LogP contribution in [0.2, 0.25) is 0 Å². The summed E-state index contributed by atoms with van der Waals surface area (Å²) in [6, 6.07) is 31.6. The Hall–Kier alpha value is -3.96. The zero-order valence-electron chi connectivity index (χ0n) is 24.0. The highest BCUT2D eigenvalue weighted by Crippen LogP contribution is 2.44. The van der Waals surface area contributed by atoms with Gasteiger partial charge in [-0.25, -0.2) is 4.79 Å². The van der Waals surface area contributed by atoms with Crippen molar-refractivity contribution >= 4 is 44.9 Å². The minimum atomic E-state index is -0.325. The first-order valence-corrected chi connectivity index (χ1v) is 14.1. The number of hydrogen-bond donors (Lipinski definition) is 0. The quantitative estimate of drug-likeness (QED) is 0.191. The fraction of sp³-hybridized carbons (Fsp3) is 0.222. The van der Waals surface area contributed by atoms with E-state index in [0.717, 1.165) is 36.4 Å². The van der Waals surface area contributed by atoms with E-state index in [9.17, 15) is 4.79 Å². The van der Waals surface area contributed by atoms with Crippen LogP contribution in [-0.2, 0) is 12.0 Å². The van der Waals surface area contributed by atoms with Gasteiger partial charge < -0.3 is 26.3 Å². The summed E-state index contributed by atoms with van der Waals surface area (Å²) in [5.74, 6) is 0. The molecular weight excluding hydrogens is 572 g/mol. The molecule has 0 N–H and O–H groups in total. The second kappa shape index (κ2) is 11.5. The topological polar surface area (TPSA) is 36.5 Å². The zero-order chi connectivity index (χ0) is 27.9. The van der Waals surface area contributed by atoms with E-state index in [0.29, 0.717) is 11.1 Å². The maximum atomic E-state index is 13.1. The Bertz CT molecular complexity index is 1850. The van der Waals surface area contributed by atoms with Crippen LogP contribution in [0.5, 0.6) is 0 Å². The van der Waals surface area contributed by atoms with Gasteiger partial charge in [-0.05, 0) is 68.8 Å². The third-order valence-corrected chi connectivity index (χ3v) is 8.23. The van der Waals surface area contributed by atoms with Crippen LogP contribution in [0.3, 0.4) is 0 Å². The van der Waals surface area contributed by atoms with Gasteiger partial charge in [-0.1, -0.05) is 54.6 Å². The summed E-state index contributed by atoms with van der Waals surface area (Å²) >= 11 is 0. The first-order chi connectivity index (χ1) is 19.4. The summed E-state index contributed by atoms with van der Waals surface area (Å²) in [5, 5.41) is 3.42. The Morgan fingerprint density at radius 2 is 1.54 bits per heavy atom. The van der Waals surface area contributed by atoms with E-state index in [1.807, 2.05) is 30.3 Å². The van der Waals surface area contributed by atoms with Crippen LogP contribution in [0, 0.1) is 0 Å². The van der Waals surface area contributed by atoms with Crippen molar-refractivity contribution in [1.29, 1.82) is 0 Å². The van der Waals surface area contributed by atoms with E-state index in [4.69, 9.17) is 4.42 Å². The highest BCUT2D eigenvalue weighted by atomic mass is 79.9. The lowest BCUT2D eigenvalue weighted by Crippen LogP contribution is -3.00. The van der Waals surface area contributed by atoms with Crippen molar-refractivity contribution < 1.29 is 26.0 Å². The molecule has 0 saturated heterocycles. The van der Waals surface area contributed by atoms with E-state index in [1.54, 1.807) is 0 Å². The number of anilines is 1. The zero-order valence-corrected chi connectivity index (χ0v) is 25.6. The molecule has 6 rings (SSSR count). The van der Waals surface area contributed by atoms with Crippen molar-refractivity contribution in [3.63, 3.8) is 0 Å². The van der Waals surface area contributed by atoms with E-state index >= 15 is 0 Å². The Morgan fingerprint density at radius 1 is 0.829 bits per heavy atom. The van der Waals surface area contributed by atoms with E-state index < -0.39 is 0 Å². The summed E-state index contributed by atoms with van der Waals surface area (Å²) in [5.41, 5.74) is 6.55. The lowest BCUT2D eigenvalue weighted by molar-refractivity contribution is -0.454. The molecule has 0 atom stereocenters. The van der Waals surface area contributed by atoms with Gasteiger partial charge >= 0.3 is 5.63 Å². The van der Waals surface area contributed by atoms with Gasteiger partial charge in [-0.15, -0.1) is 0 Å². The van der Waals surface area contributed by atoms with Crippen LogP contribution in [-0.4, -0.2) is 23.4 Å². The molecule has 1 aromatic heterocycles. The highest BCUT2D eigenvalue weighted by Gasteiger charge is 2.45. The van der Waals surface area contributed by atoms with Gasteiger partial charge in [-0.2, -0.15) is 4.58 Å². The highest BCUT2D eigenvalue weighted by molar-refractivity contribution is 6.09. The number of rotatable bonds is 7. The van der Waals surface area contributed by atoms with E-state index in [1.165, 1.54) is 27.6 Å². The maximum absolute atomic E-state index is 13.1. The second-order valence-electron chi connectivity index (χ2n) is 11.0. The second-order valence-corrected chi connectivity index (χ2v) is 11.0. The molecule has 0 fully saturated rings. The molecule has 0 unspecified atom stereocenters. The lowest BCUT2D eigenvalue weighted by Gasteiger charge is -2.20. The summed E-state index contributed by atoms with van der Waals surface area (Å²) in [6.07, 6.45) is 4.03. The predicted molar refractivity (Wildman–Crippen MR) is 167 cm³/mol. The number of benzene rings is 4. The van der Waals surface area contributed by atoms with Crippen LogP contribution in [0.25, 0.3) is 27.8 Å². The molecule has 208 valence electrons. The number of nitrogens with zero attached hydrogens (tertiary/aromatic N) is 2. The van der Waals surface area contributed by atoms with Crippen molar-refractivity contribution in [2.45, 2.75) is 39.7 Å². The first-order valence-electron chi connectivity index (χ1n) is 14.1. The maximum Gasteiger partial charge on any atom is 0.343 e. The smallest absolute Gasteiger partial charge is 0.343 e. The molecule has 5 aromatic rings. The van der Waals surface area contributed by atoms with E-state index in [-0.39, 0.29) is 28.0 Å². The van der Waals surface area contributed by atoms with Crippen molar-refractivity contribution in [3.8, 4) is 0 Å². The molecule has 0 saturated carbocycles. The molecule has 0 bridgehead atoms. The summed E-state index contributed by atoms with van der Waals surface area (Å²) in [4.78, 5) is 15.4. The summed E-state index contributed by atoms with van der Waals surface area (Å²) in [7, 11) is 0. The van der Waals surface area contributed by atoms with Gasteiger partial charge in [0.05, 0.1) is 11.0 Å². The Balaban J connectivity index is 0.00000337. The van der Waals surface area contributed by atoms with Crippen molar-refractivity contribution in [2.24, 2.45) is 0 Å². The molecule has 0 radical (unpaired) electrons. The van der Waals surface area contributed by atoms with Gasteiger partial charge in [-0.3, -0.25) is 0 Å². The SMILES string of the molecule is CCN(CC)c1ccc2cc(/C=C/C3=[N+](Cc4ccccc4)c4ccc5ccccc5c4C3(C)C)c(=O)oc2c1.[Br-]. The Morgan fingerprint density at radius 3 is 2.29 bits per heavy atom. The molecule has 0 spiro atoms. The minimum Gasteiger partial charge on any atom is -1.00 e. The number of allylic oxidation sites excluding steroid dienone is 1. The monoisotopic (exact) mass is 606 g/mol. The fourth-order valence-corrected chi connectivity index (χ4v) is 6.16. The summed E-state index contributed by atoms with van der Waals surface area (Å²) < 4.78 is 8.22. The Labute approximate surface area is 252 Å². The van der Waals surface area contributed by atoms with Crippen LogP contribution >= 0.6 is 0 Å². The molecule has 5 heteroatoms. The minimum absolute atomic E-state index is 0. The normalized spacial score (nSPS) is 14.0. The van der Waals surface area contributed by atoms with Gasteiger partial charge in [0.2, 0.25) is 5.69 Å². The first kappa shape index (κ1) is 28.6. The standard InChI is InChI=1S/C36H35N2O2.BrH/c1-5-37(6-2)29-19-16-27-22-28(35(39)40-32(27)23-29)18-21-33-36(3,4)34-30-15-11-10-14-26(30)17-20-31(34)38(33)24-25-12-8-7-9-13-25;/h7-23H,5-6,24H2,1-4H3;1H/q+1;/p-1. The molecule has 1 aliphatic rings. The molecule has 4 nitrogen and oxygen atoms in total. The molecule has 4 aromatic carbocycles. The van der Waals surface area contributed by atoms with Crippen LogP contribution in [0.4, 0.5) is 11.4 Å². The molecule has 0 aliphatic carbocycles. The van der Waals surface area contributed by atoms with Crippen LogP contribution in [0.1, 0.15) is 44.4 Å². The molecule has 1 aliphatic heterocycles. The molecule has 41 heavy (non-hydrogen) atoms. The van der Waals surface area contributed by atoms with Crippen molar-refractivity contribution in [2.75, 3.05) is 18.0 Å². The molecule has 2 heterocycles. The fourth-order valence-electron chi connectivity index (χ4n) is 6.16. The van der Waals surface area contributed by atoms with Gasteiger partial charge in [0.25, 0.3) is 0 Å². The third-order valence-electron chi connectivity index (χ3n) is 8.23. The van der Waals surface area contributed by atoms with Gasteiger partial charge in [0, 0.05) is 53.5 Å². The van der Waals surface area contributed by atoms with Crippen molar-refractivity contribution in [3.05, 3.63) is 124 Å². The average molecular weight is 608 g/mol. The van der Waals surface area contributed by atoms with E-state index in [2.05, 4.69) is 110 Å². The number of halogens is 1. The molecule has 0 amide bonds. The third kappa shape index (κ3) is 5.15. The van der Waals surface area contributed by atoms with Gasteiger partial charge in [0.1, 0.15) is 5.58 Å². The lowest BCUT2D eigenvalue weighted by atomic mass is 9.79. The van der Waals surface area contributed by atoms with Crippen LogP contribution < -0.4 is 27.5 Å². The summed E-state index contributed by atoms with van der Waals surface area (Å²) in [6.45, 7) is 11.4. The van der Waals surface area contributed by atoms with Crippen molar-refractivity contribution in [1.82, 2.24) is 0 Å². The largest absolute Gasteiger partial charge is 1.00 e. The molecular formula is C36H35BrN2O2. The Kier molecular flexibility index (Phi) is 8.01.